The van der Waals surface area contributed by atoms with Crippen molar-refractivity contribution in [3.05, 3.63) is 29.8 Å². The monoisotopic (exact) mass is 213 g/mol. The van der Waals surface area contributed by atoms with Crippen LogP contribution in [0.5, 0.6) is 0 Å². The van der Waals surface area contributed by atoms with Crippen molar-refractivity contribution in [1.29, 1.82) is 0 Å². The van der Waals surface area contributed by atoms with Crippen LogP contribution in [0.25, 0.3) is 0 Å². The second-order valence-corrected chi connectivity index (χ2v) is 5.40. The molecule has 78 valence electrons. The fourth-order valence-corrected chi connectivity index (χ4v) is 1.73. The number of nitrogens with one attached hydrogen (secondary N) is 1. The number of hydrogen-bond acceptors (Lipinski definition) is 2. The molecule has 1 aromatic rings. The van der Waals surface area contributed by atoms with Gasteiger partial charge in [-0.25, -0.2) is 8.42 Å². The molecular weight excluding hydrogens is 198 g/mol. The normalized spacial score (nSPS) is 11.7. The van der Waals surface area contributed by atoms with Crippen LogP contribution in [0, 0.1) is 0 Å². The van der Waals surface area contributed by atoms with Crippen molar-refractivity contribution in [2.75, 3.05) is 11.0 Å². The summed E-state index contributed by atoms with van der Waals surface area (Å²) in [6.45, 7) is 4.14. The van der Waals surface area contributed by atoms with Crippen LogP contribution < -0.4 is 4.72 Å². The molecule has 1 rings (SSSR count). The molecule has 0 heterocycles. The van der Waals surface area contributed by atoms with Crippen molar-refractivity contribution >= 4 is 15.7 Å². The molecule has 0 aromatic heterocycles. The quantitative estimate of drug-likeness (QED) is 0.836. The standard InChI is InChI=1S/C10H15NO2S/c1-8(2)9-5-4-6-10(7-9)11-14(3,12)13/h4-8,11H,1-3H3. The summed E-state index contributed by atoms with van der Waals surface area (Å²) in [6.07, 6.45) is 1.15. The van der Waals surface area contributed by atoms with Crippen molar-refractivity contribution in [3.8, 4) is 0 Å². The minimum atomic E-state index is -3.17. The molecule has 1 aromatic carbocycles. The Hall–Kier alpha value is -1.03. The zero-order valence-corrected chi connectivity index (χ0v) is 9.43. The van der Waals surface area contributed by atoms with Crippen molar-refractivity contribution in [2.45, 2.75) is 19.8 Å². The van der Waals surface area contributed by atoms with Gasteiger partial charge in [-0.1, -0.05) is 26.0 Å². The first kappa shape index (κ1) is 11.0. The Bertz CT molecular complexity index is 410. The summed E-state index contributed by atoms with van der Waals surface area (Å²) in [5.41, 5.74) is 1.75. The smallest absolute Gasteiger partial charge is 0.229 e. The van der Waals surface area contributed by atoms with E-state index in [1.54, 1.807) is 6.07 Å². The molecular formula is C10H15NO2S. The van der Waals surface area contributed by atoms with Crippen molar-refractivity contribution in [2.24, 2.45) is 0 Å². The van der Waals surface area contributed by atoms with Crippen LogP contribution in [-0.2, 0) is 10.0 Å². The number of hydrogen-bond donors (Lipinski definition) is 1. The average Bonchev–Trinajstić information content (AvgIpc) is 2.01. The van der Waals surface area contributed by atoms with Gasteiger partial charge >= 0.3 is 0 Å². The van der Waals surface area contributed by atoms with Gasteiger partial charge in [-0.3, -0.25) is 4.72 Å². The van der Waals surface area contributed by atoms with Gasteiger partial charge < -0.3 is 0 Å². The summed E-state index contributed by atoms with van der Waals surface area (Å²) in [7, 11) is -3.17. The number of sulfonamides is 1. The first-order valence-electron chi connectivity index (χ1n) is 4.46. The zero-order chi connectivity index (χ0) is 10.8. The molecule has 0 bridgehead atoms. The largest absolute Gasteiger partial charge is 0.284 e. The topological polar surface area (TPSA) is 46.2 Å². The summed E-state index contributed by atoms with van der Waals surface area (Å²) in [6, 6.07) is 7.43. The molecule has 0 aliphatic carbocycles. The Balaban J connectivity index is 2.95. The van der Waals surface area contributed by atoms with E-state index in [9.17, 15) is 8.42 Å². The van der Waals surface area contributed by atoms with E-state index < -0.39 is 10.0 Å². The van der Waals surface area contributed by atoms with E-state index >= 15 is 0 Å². The minimum Gasteiger partial charge on any atom is -0.284 e. The molecule has 0 saturated heterocycles. The maximum Gasteiger partial charge on any atom is 0.229 e. The van der Waals surface area contributed by atoms with Crippen LogP contribution in [0.1, 0.15) is 25.3 Å². The van der Waals surface area contributed by atoms with E-state index in [1.807, 2.05) is 18.2 Å². The first-order chi connectivity index (χ1) is 6.38. The molecule has 0 amide bonds. The van der Waals surface area contributed by atoms with Gasteiger partial charge in [-0.2, -0.15) is 0 Å². The predicted molar refractivity (Wildman–Crippen MR) is 59.0 cm³/mol. The van der Waals surface area contributed by atoms with Crippen LogP contribution in [-0.4, -0.2) is 14.7 Å². The van der Waals surface area contributed by atoms with E-state index in [2.05, 4.69) is 18.6 Å². The van der Waals surface area contributed by atoms with Crippen LogP contribution in [0.3, 0.4) is 0 Å². The third-order valence-electron chi connectivity index (χ3n) is 1.86. The molecule has 0 aliphatic rings. The van der Waals surface area contributed by atoms with E-state index in [0.717, 1.165) is 11.8 Å². The third-order valence-corrected chi connectivity index (χ3v) is 2.46. The SMILES string of the molecule is CC(C)c1cccc(NS(C)(=O)=O)c1. The van der Waals surface area contributed by atoms with Gasteiger partial charge in [0.2, 0.25) is 10.0 Å². The van der Waals surface area contributed by atoms with Crippen molar-refractivity contribution in [1.82, 2.24) is 0 Å². The Morgan fingerprint density at radius 1 is 1.29 bits per heavy atom. The third kappa shape index (κ3) is 3.38. The van der Waals surface area contributed by atoms with E-state index in [4.69, 9.17) is 0 Å². The van der Waals surface area contributed by atoms with Gasteiger partial charge in [0.15, 0.2) is 0 Å². The highest BCUT2D eigenvalue weighted by Gasteiger charge is 2.03. The summed E-state index contributed by atoms with van der Waals surface area (Å²) >= 11 is 0. The van der Waals surface area contributed by atoms with Gasteiger partial charge in [0.25, 0.3) is 0 Å². The second kappa shape index (κ2) is 4.00. The maximum absolute atomic E-state index is 11.0. The molecule has 0 fully saturated rings. The van der Waals surface area contributed by atoms with Crippen LogP contribution >= 0.6 is 0 Å². The second-order valence-electron chi connectivity index (χ2n) is 3.65. The number of benzene rings is 1. The van der Waals surface area contributed by atoms with Gasteiger partial charge in [-0.15, -0.1) is 0 Å². The Kier molecular flexibility index (Phi) is 3.16. The Morgan fingerprint density at radius 3 is 2.43 bits per heavy atom. The number of rotatable bonds is 3. The van der Waals surface area contributed by atoms with E-state index in [0.29, 0.717) is 11.6 Å². The lowest BCUT2D eigenvalue weighted by Gasteiger charge is -2.08. The summed E-state index contributed by atoms with van der Waals surface area (Å²) in [5, 5.41) is 0. The molecule has 0 aliphatic heterocycles. The molecule has 0 saturated carbocycles. The molecule has 0 spiro atoms. The lowest BCUT2D eigenvalue weighted by Crippen LogP contribution is -2.09. The average molecular weight is 213 g/mol. The van der Waals surface area contributed by atoms with Crippen LogP contribution in [0.15, 0.2) is 24.3 Å². The van der Waals surface area contributed by atoms with Crippen LogP contribution in [0.4, 0.5) is 5.69 Å². The molecule has 0 radical (unpaired) electrons. The highest BCUT2D eigenvalue weighted by molar-refractivity contribution is 7.92. The fraction of sp³-hybridized carbons (Fsp3) is 0.400. The van der Waals surface area contributed by atoms with Crippen molar-refractivity contribution in [3.63, 3.8) is 0 Å². The molecule has 1 N–H and O–H groups in total. The number of anilines is 1. The predicted octanol–water partition coefficient (Wildman–Crippen LogP) is 2.18. The minimum absolute atomic E-state index is 0.399. The molecule has 0 unspecified atom stereocenters. The molecule has 3 nitrogen and oxygen atoms in total. The van der Waals surface area contributed by atoms with E-state index in [1.165, 1.54) is 0 Å². The highest BCUT2D eigenvalue weighted by Crippen LogP contribution is 2.18. The lowest BCUT2D eigenvalue weighted by molar-refractivity contribution is 0.607. The van der Waals surface area contributed by atoms with E-state index in [-0.39, 0.29) is 0 Å². The lowest BCUT2D eigenvalue weighted by atomic mass is 10.0. The fourth-order valence-electron chi connectivity index (χ4n) is 1.18. The first-order valence-corrected chi connectivity index (χ1v) is 6.35. The van der Waals surface area contributed by atoms with Crippen LogP contribution in [0.2, 0.25) is 0 Å². The molecule has 0 atom stereocenters. The van der Waals surface area contributed by atoms with Gasteiger partial charge in [-0.05, 0) is 23.6 Å². The zero-order valence-electron chi connectivity index (χ0n) is 8.61. The van der Waals surface area contributed by atoms with Gasteiger partial charge in [0.1, 0.15) is 0 Å². The molecule has 4 heteroatoms. The highest BCUT2D eigenvalue weighted by atomic mass is 32.2. The summed E-state index contributed by atoms with van der Waals surface area (Å²) in [4.78, 5) is 0. The van der Waals surface area contributed by atoms with Gasteiger partial charge in [0.05, 0.1) is 6.26 Å². The Labute approximate surface area is 85.2 Å². The summed E-state index contributed by atoms with van der Waals surface area (Å²) < 4.78 is 24.4. The summed E-state index contributed by atoms with van der Waals surface area (Å²) in [5.74, 6) is 0.399. The maximum atomic E-state index is 11.0. The molecule has 14 heavy (non-hydrogen) atoms. The van der Waals surface area contributed by atoms with Crippen molar-refractivity contribution < 1.29 is 8.42 Å². The van der Waals surface area contributed by atoms with Gasteiger partial charge in [0, 0.05) is 5.69 Å². The Morgan fingerprint density at radius 2 is 1.93 bits per heavy atom.